The normalized spacial score (nSPS) is 10.7. The quantitative estimate of drug-likeness (QED) is 0.868. The monoisotopic (exact) mass is 281 g/mol. The van der Waals surface area contributed by atoms with Crippen molar-refractivity contribution in [1.82, 2.24) is 9.97 Å². The summed E-state index contributed by atoms with van der Waals surface area (Å²) in [5, 5.41) is 3.07. The van der Waals surface area contributed by atoms with Crippen molar-refractivity contribution in [2.75, 3.05) is 11.9 Å². The Morgan fingerprint density at radius 2 is 1.70 bits per heavy atom. The van der Waals surface area contributed by atoms with Gasteiger partial charge in [-0.2, -0.15) is 0 Å². The van der Waals surface area contributed by atoms with Crippen LogP contribution in [0.15, 0.2) is 18.2 Å². The lowest BCUT2D eigenvalue weighted by atomic mass is 10.2. The van der Waals surface area contributed by atoms with Crippen molar-refractivity contribution < 1.29 is 13.2 Å². The summed E-state index contributed by atoms with van der Waals surface area (Å²) in [7, 11) is 0. The number of halogens is 3. The van der Waals surface area contributed by atoms with Gasteiger partial charge in [-0.3, -0.25) is 0 Å². The van der Waals surface area contributed by atoms with E-state index in [1.807, 2.05) is 6.92 Å². The van der Waals surface area contributed by atoms with Crippen molar-refractivity contribution in [3.05, 3.63) is 41.3 Å². The lowest BCUT2D eigenvalue weighted by Crippen LogP contribution is -2.05. The third-order valence-corrected chi connectivity index (χ3v) is 2.65. The van der Waals surface area contributed by atoms with E-state index in [0.717, 1.165) is 25.1 Å². The number of aromatic nitrogens is 2. The maximum atomic E-state index is 13.2. The van der Waals surface area contributed by atoms with E-state index >= 15 is 0 Å². The number of nitrogens with zero attached hydrogens (tertiary/aromatic N) is 2. The first-order chi connectivity index (χ1) is 9.51. The van der Waals surface area contributed by atoms with Gasteiger partial charge in [0.15, 0.2) is 23.3 Å². The van der Waals surface area contributed by atoms with Crippen LogP contribution >= 0.6 is 0 Å². The van der Waals surface area contributed by atoms with Gasteiger partial charge in [0.1, 0.15) is 5.82 Å². The minimum absolute atomic E-state index is 0.102. The fraction of sp³-hybridized carbons (Fsp3) is 0.286. The zero-order chi connectivity index (χ0) is 14.7. The number of rotatable bonds is 4. The Morgan fingerprint density at radius 1 is 1.05 bits per heavy atom. The molecule has 0 radical (unpaired) electrons. The van der Waals surface area contributed by atoms with E-state index in [-0.39, 0.29) is 11.4 Å². The maximum absolute atomic E-state index is 13.2. The molecule has 1 aromatic carbocycles. The van der Waals surface area contributed by atoms with Gasteiger partial charge in [0.05, 0.1) is 0 Å². The SMILES string of the molecule is CCCNc1cc(C)nc(-c2cc(F)c(F)c(F)c2)n1. The van der Waals surface area contributed by atoms with Crippen LogP contribution in [0.2, 0.25) is 0 Å². The molecule has 0 fully saturated rings. The summed E-state index contributed by atoms with van der Waals surface area (Å²) in [6.45, 7) is 4.48. The van der Waals surface area contributed by atoms with Crippen LogP contribution in [0.4, 0.5) is 19.0 Å². The molecule has 2 aromatic rings. The maximum Gasteiger partial charge on any atom is 0.194 e. The third kappa shape index (κ3) is 3.07. The van der Waals surface area contributed by atoms with E-state index in [4.69, 9.17) is 0 Å². The van der Waals surface area contributed by atoms with Gasteiger partial charge in [0.25, 0.3) is 0 Å². The Kier molecular flexibility index (Phi) is 4.22. The first-order valence-corrected chi connectivity index (χ1v) is 6.25. The molecule has 1 aromatic heterocycles. The van der Waals surface area contributed by atoms with Crippen LogP contribution in [0.1, 0.15) is 19.0 Å². The number of hydrogen-bond acceptors (Lipinski definition) is 3. The average molecular weight is 281 g/mol. The number of aryl methyl sites for hydroxylation is 1. The van der Waals surface area contributed by atoms with E-state index in [9.17, 15) is 13.2 Å². The molecule has 0 aliphatic heterocycles. The topological polar surface area (TPSA) is 37.8 Å². The van der Waals surface area contributed by atoms with Crippen molar-refractivity contribution in [3.63, 3.8) is 0 Å². The van der Waals surface area contributed by atoms with E-state index in [2.05, 4.69) is 15.3 Å². The summed E-state index contributed by atoms with van der Waals surface area (Å²) in [6, 6.07) is 3.50. The molecule has 0 saturated carbocycles. The van der Waals surface area contributed by atoms with Crippen LogP contribution in [-0.4, -0.2) is 16.5 Å². The summed E-state index contributed by atoms with van der Waals surface area (Å²) in [6.07, 6.45) is 0.915. The van der Waals surface area contributed by atoms with E-state index < -0.39 is 17.5 Å². The van der Waals surface area contributed by atoms with Gasteiger partial charge in [-0.25, -0.2) is 23.1 Å². The van der Waals surface area contributed by atoms with Gasteiger partial charge in [0, 0.05) is 23.9 Å². The molecular formula is C14H14F3N3. The van der Waals surface area contributed by atoms with E-state index in [1.165, 1.54) is 0 Å². The van der Waals surface area contributed by atoms with Crippen molar-refractivity contribution in [3.8, 4) is 11.4 Å². The van der Waals surface area contributed by atoms with Gasteiger partial charge >= 0.3 is 0 Å². The Hall–Kier alpha value is -2.11. The van der Waals surface area contributed by atoms with Crippen LogP contribution in [-0.2, 0) is 0 Å². The van der Waals surface area contributed by atoms with Crippen molar-refractivity contribution in [1.29, 1.82) is 0 Å². The predicted octanol–water partition coefficient (Wildman–Crippen LogP) is 3.69. The van der Waals surface area contributed by atoms with Crippen LogP contribution in [0.5, 0.6) is 0 Å². The predicted molar refractivity (Wildman–Crippen MR) is 70.9 cm³/mol. The van der Waals surface area contributed by atoms with Gasteiger partial charge in [-0.15, -0.1) is 0 Å². The lowest BCUT2D eigenvalue weighted by Gasteiger charge is -2.08. The minimum Gasteiger partial charge on any atom is -0.370 e. The molecular weight excluding hydrogens is 267 g/mol. The summed E-state index contributed by atoms with van der Waals surface area (Å²) >= 11 is 0. The van der Waals surface area contributed by atoms with Crippen molar-refractivity contribution in [2.45, 2.75) is 20.3 Å². The molecule has 0 spiro atoms. The van der Waals surface area contributed by atoms with Crippen LogP contribution < -0.4 is 5.32 Å². The zero-order valence-corrected chi connectivity index (χ0v) is 11.2. The summed E-state index contributed by atoms with van der Waals surface area (Å²) in [5.41, 5.74) is 0.753. The summed E-state index contributed by atoms with van der Waals surface area (Å²) < 4.78 is 39.4. The number of benzene rings is 1. The number of hydrogen-bond donors (Lipinski definition) is 1. The van der Waals surface area contributed by atoms with E-state index in [1.54, 1.807) is 13.0 Å². The van der Waals surface area contributed by atoms with Crippen LogP contribution in [0.25, 0.3) is 11.4 Å². The van der Waals surface area contributed by atoms with E-state index in [0.29, 0.717) is 11.5 Å². The van der Waals surface area contributed by atoms with Crippen molar-refractivity contribution >= 4 is 5.82 Å². The van der Waals surface area contributed by atoms with Gasteiger partial charge in [0.2, 0.25) is 0 Å². The molecule has 0 unspecified atom stereocenters. The smallest absolute Gasteiger partial charge is 0.194 e. The second kappa shape index (κ2) is 5.90. The average Bonchev–Trinajstić information content (AvgIpc) is 2.41. The Morgan fingerprint density at radius 3 is 2.30 bits per heavy atom. The summed E-state index contributed by atoms with van der Waals surface area (Å²) in [5.74, 6) is -3.28. The van der Waals surface area contributed by atoms with Crippen molar-refractivity contribution in [2.24, 2.45) is 0 Å². The zero-order valence-electron chi connectivity index (χ0n) is 11.2. The van der Waals surface area contributed by atoms with Gasteiger partial charge in [-0.1, -0.05) is 6.92 Å². The third-order valence-electron chi connectivity index (χ3n) is 2.65. The second-order valence-electron chi connectivity index (χ2n) is 4.40. The molecule has 106 valence electrons. The number of anilines is 1. The molecule has 0 aliphatic carbocycles. The highest BCUT2D eigenvalue weighted by Gasteiger charge is 2.14. The molecule has 0 atom stereocenters. The lowest BCUT2D eigenvalue weighted by molar-refractivity contribution is 0.447. The standard InChI is InChI=1S/C14H14F3N3/c1-3-4-18-12-5-8(2)19-14(20-12)9-6-10(15)13(17)11(16)7-9/h5-7H,3-4H2,1-2H3,(H,18,19,20). The van der Waals surface area contributed by atoms with Gasteiger partial charge in [-0.05, 0) is 25.5 Å². The fourth-order valence-electron chi connectivity index (χ4n) is 1.73. The molecule has 1 heterocycles. The fourth-order valence-corrected chi connectivity index (χ4v) is 1.73. The van der Waals surface area contributed by atoms with Crippen LogP contribution in [0.3, 0.4) is 0 Å². The Bertz CT molecular complexity index is 606. The molecule has 2 rings (SSSR count). The summed E-state index contributed by atoms with van der Waals surface area (Å²) in [4.78, 5) is 8.29. The molecule has 0 bridgehead atoms. The first-order valence-electron chi connectivity index (χ1n) is 6.25. The second-order valence-corrected chi connectivity index (χ2v) is 4.40. The molecule has 6 heteroatoms. The molecule has 1 N–H and O–H groups in total. The highest BCUT2D eigenvalue weighted by molar-refractivity contribution is 5.58. The molecule has 0 aliphatic rings. The molecule has 0 amide bonds. The minimum atomic E-state index is -1.49. The first kappa shape index (κ1) is 14.3. The highest BCUT2D eigenvalue weighted by Crippen LogP contribution is 2.22. The largest absolute Gasteiger partial charge is 0.370 e. The van der Waals surface area contributed by atoms with Gasteiger partial charge < -0.3 is 5.32 Å². The van der Waals surface area contributed by atoms with Crippen LogP contribution in [0, 0.1) is 24.4 Å². The molecule has 3 nitrogen and oxygen atoms in total. The molecule has 0 saturated heterocycles. The highest BCUT2D eigenvalue weighted by atomic mass is 19.2. The number of nitrogens with one attached hydrogen (secondary N) is 1. The Balaban J connectivity index is 2.44. The Labute approximate surface area is 114 Å². The molecule has 20 heavy (non-hydrogen) atoms.